The maximum absolute atomic E-state index is 12.2. The summed E-state index contributed by atoms with van der Waals surface area (Å²) in [5, 5.41) is 18.0. The highest BCUT2D eigenvalue weighted by Gasteiger charge is 2.21. The van der Waals surface area contributed by atoms with E-state index in [1.807, 2.05) is 31.2 Å². The first-order valence-electron chi connectivity index (χ1n) is 8.16. The van der Waals surface area contributed by atoms with E-state index in [1.54, 1.807) is 28.8 Å². The van der Waals surface area contributed by atoms with Crippen molar-refractivity contribution < 1.29 is 13.5 Å². The normalized spacial score (nSPS) is 13.6. The molecule has 2 N–H and O–H groups in total. The molecule has 0 aliphatic rings. The van der Waals surface area contributed by atoms with Gasteiger partial charge in [0.05, 0.1) is 35.6 Å². The van der Waals surface area contributed by atoms with Gasteiger partial charge in [0.1, 0.15) is 4.21 Å². The zero-order valence-corrected chi connectivity index (χ0v) is 17.5. The van der Waals surface area contributed by atoms with Crippen LogP contribution in [0.3, 0.4) is 0 Å². The van der Waals surface area contributed by atoms with Crippen LogP contribution < -0.4 is 5.32 Å². The molecule has 0 bridgehead atoms. The minimum absolute atomic E-state index is 0.00731. The lowest BCUT2D eigenvalue weighted by atomic mass is 10.4. The van der Waals surface area contributed by atoms with Crippen LogP contribution in [0.15, 0.2) is 32.1 Å². The van der Waals surface area contributed by atoms with Crippen LogP contribution in [-0.4, -0.2) is 61.4 Å². The summed E-state index contributed by atoms with van der Waals surface area (Å²) in [7, 11) is -1.61. The van der Waals surface area contributed by atoms with Crippen LogP contribution in [0.25, 0.3) is 0 Å². The number of guanidine groups is 1. The SMILES string of the molecule is CCNC(=NCC(O)CS(=O)(=O)c1cccs1)N(C)Cc1csc(C)n1. The van der Waals surface area contributed by atoms with Gasteiger partial charge in [0.2, 0.25) is 0 Å². The predicted octanol–water partition coefficient (Wildman–Crippen LogP) is 1.75. The number of rotatable bonds is 8. The number of sulfone groups is 1. The minimum Gasteiger partial charge on any atom is -0.390 e. The molecule has 7 nitrogen and oxygen atoms in total. The smallest absolute Gasteiger partial charge is 0.194 e. The Bertz CT molecular complexity index is 816. The Morgan fingerprint density at radius 3 is 2.81 bits per heavy atom. The lowest BCUT2D eigenvalue weighted by molar-refractivity contribution is 0.205. The third-order valence-electron chi connectivity index (χ3n) is 3.43. The number of nitrogens with one attached hydrogen (secondary N) is 1. The lowest BCUT2D eigenvalue weighted by Crippen LogP contribution is -2.39. The molecule has 2 rings (SSSR count). The summed E-state index contributed by atoms with van der Waals surface area (Å²) in [5.41, 5.74) is 0.946. The van der Waals surface area contributed by atoms with E-state index in [9.17, 15) is 13.5 Å². The topological polar surface area (TPSA) is 94.9 Å². The van der Waals surface area contributed by atoms with Gasteiger partial charge in [-0.1, -0.05) is 6.07 Å². The molecular weight excluding hydrogens is 392 g/mol. The first kappa shape index (κ1) is 20.8. The fourth-order valence-corrected chi connectivity index (χ4v) is 5.36. The van der Waals surface area contributed by atoms with Crippen LogP contribution in [0.1, 0.15) is 17.6 Å². The molecule has 0 aliphatic carbocycles. The molecule has 1 atom stereocenters. The summed E-state index contributed by atoms with van der Waals surface area (Å²) in [4.78, 5) is 10.7. The van der Waals surface area contributed by atoms with Gasteiger partial charge in [0.15, 0.2) is 15.8 Å². The van der Waals surface area contributed by atoms with Gasteiger partial charge in [0, 0.05) is 19.0 Å². The van der Waals surface area contributed by atoms with Crippen molar-refractivity contribution in [1.29, 1.82) is 0 Å². The van der Waals surface area contributed by atoms with E-state index in [2.05, 4.69) is 15.3 Å². The van der Waals surface area contributed by atoms with Crippen molar-refractivity contribution in [3.05, 3.63) is 33.6 Å². The van der Waals surface area contributed by atoms with E-state index in [-0.39, 0.29) is 16.5 Å². The van der Waals surface area contributed by atoms with Crippen molar-refractivity contribution in [1.82, 2.24) is 15.2 Å². The van der Waals surface area contributed by atoms with Crippen molar-refractivity contribution in [3.8, 4) is 0 Å². The van der Waals surface area contributed by atoms with E-state index in [0.717, 1.165) is 22.0 Å². The number of aryl methyl sites for hydroxylation is 1. The molecule has 0 saturated carbocycles. The highest BCUT2D eigenvalue weighted by atomic mass is 32.2. The minimum atomic E-state index is -3.49. The number of thiophene rings is 1. The summed E-state index contributed by atoms with van der Waals surface area (Å²) < 4.78 is 24.7. The third kappa shape index (κ3) is 6.04. The van der Waals surface area contributed by atoms with Crippen LogP contribution in [0, 0.1) is 6.92 Å². The van der Waals surface area contributed by atoms with E-state index in [4.69, 9.17) is 0 Å². The van der Waals surface area contributed by atoms with E-state index in [1.165, 1.54) is 0 Å². The quantitative estimate of drug-likeness (QED) is 0.503. The molecule has 0 radical (unpaired) electrons. The lowest BCUT2D eigenvalue weighted by Gasteiger charge is -2.21. The van der Waals surface area contributed by atoms with Gasteiger partial charge < -0.3 is 15.3 Å². The second-order valence-electron chi connectivity index (χ2n) is 5.78. The number of nitrogens with zero attached hydrogens (tertiary/aromatic N) is 3. The van der Waals surface area contributed by atoms with Crippen molar-refractivity contribution in [2.45, 2.75) is 30.7 Å². The zero-order valence-electron chi connectivity index (χ0n) is 15.0. The summed E-state index contributed by atoms with van der Waals surface area (Å²) in [6.07, 6.45) is -1.06. The highest BCUT2D eigenvalue weighted by molar-refractivity contribution is 7.93. The fourth-order valence-electron chi connectivity index (χ4n) is 2.29. The number of hydrogen-bond acceptors (Lipinski definition) is 7. The molecule has 1 unspecified atom stereocenters. The Hall–Kier alpha value is -1.49. The summed E-state index contributed by atoms with van der Waals surface area (Å²) in [6, 6.07) is 3.23. The average molecular weight is 417 g/mol. The van der Waals surface area contributed by atoms with Crippen LogP contribution >= 0.6 is 22.7 Å². The van der Waals surface area contributed by atoms with Gasteiger partial charge in [0.25, 0.3) is 0 Å². The van der Waals surface area contributed by atoms with Crippen molar-refractivity contribution in [3.63, 3.8) is 0 Å². The number of aromatic nitrogens is 1. The molecule has 0 saturated heterocycles. The fraction of sp³-hybridized carbons (Fsp3) is 0.500. The third-order valence-corrected chi connectivity index (χ3v) is 7.53. The molecule has 0 spiro atoms. The van der Waals surface area contributed by atoms with E-state index in [0.29, 0.717) is 19.0 Å². The molecule has 0 fully saturated rings. The Morgan fingerprint density at radius 2 is 2.23 bits per heavy atom. The van der Waals surface area contributed by atoms with E-state index < -0.39 is 15.9 Å². The standard InChI is InChI=1S/C16H24N4O3S3/c1-4-17-16(20(3)9-13-10-25-12(2)19-13)18-8-14(21)11-26(22,23)15-6-5-7-24-15/h5-7,10,14,21H,4,8-9,11H2,1-3H3,(H,17,18). The second-order valence-corrected chi connectivity index (χ2v) is 10.0. The van der Waals surface area contributed by atoms with Gasteiger partial charge in [-0.3, -0.25) is 4.99 Å². The van der Waals surface area contributed by atoms with Crippen LogP contribution in [0.4, 0.5) is 0 Å². The summed E-state index contributed by atoms with van der Waals surface area (Å²) in [5.74, 6) is 0.261. The summed E-state index contributed by atoms with van der Waals surface area (Å²) in [6.45, 7) is 5.17. The van der Waals surface area contributed by atoms with Gasteiger partial charge in [-0.2, -0.15) is 0 Å². The predicted molar refractivity (Wildman–Crippen MR) is 107 cm³/mol. The largest absolute Gasteiger partial charge is 0.390 e. The molecule has 10 heteroatoms. The molecule has 2 heterocycles. The van der Waals surface area contributed by atoms with Crippen LogP contribution in [-0.2, 0) is 16.4 Å². The molecule has 0 aromatic carbocycles. The van der Waals surface area contributed by atoms with Crippen LogP contribution in [0.5, 0.6) is 0 Å². The molecule has 26 heavy (non-hydrogen) atoms. The van der Waals surface area contributed by atoms with Gasteiger partial charge in [-0.05, 0) is 25.3 Å². The van der Waals surface area contributed by atoms with Gasteiger partial charge in [-0.15, -0.1) is 22.7 Å². The molecule has 2 aromatic rings. The van der Waals surface area contributed by atoms with Crippen molar-refractivity contribution in [2.24, 2.45) is 4.99 Å². The maximum Gasteiger partial charge on any atom is 0.194 e. The highest BCUT2D eigenvalue weighted by Crippen LogP contribution is 2.18. The number of thiazole rings is 1. The van der Waals surface area contributed by atoms with Gasteiger partial charge >= 0.3 is 0 Å². The first-order valence-corrected chi connectivity index (χ1v) is 11.6. The zero-order chi connectivity index (χ0) is 19.2. The Labute approximate surface area is 162 Å². The Balaban J connectivity index is 1.98. The summed E-state index contributed by atoms with van der Waals surface area (Å²) >= 11 is 2.74. The van der Waals surface area contributed by atoms with Gasteiger partial charge in [-0.25, -0.2) is 13.4 Å². The molecule has 144 valence electrons. The average Bonchev–Trinajstić information content (AvgIpc) is 3.23. The van der Waals surface area contributed by atoms with E-state index >= 15 is 0 Å². The molecular formula is C16H24N4O3S3. The monoisotopic (exact) mass is 416 g/mol. The van der Waals surface area contributed by atoms with Crippen LogP contribution in [0.2, 0.25) is 0 Å². The Kier molecular flexibility index (Phi) is 7.56. The van der Waals surface area contributed by atoms with Crippen molar-refractivity contribution >= 4 is 38.5 Å². The number of aliphatic hydroxyl groups excluding tert-OH is 1. The molecule has 0 aliphatic heterocycles. The molecule has 2 aromatic heterocycles. The number of aliphatic imine (C=N–C) groups is 1. The number of hydrogen-bond donors (Lipinski definition) is 2. The maximum atomic E-state index is 12.2. The first-order chi connectivity index (χ1) is 12.3. The van der Waals surface area contributed by atoms with Crippen molar-refractivity contribution in [2.75, 3.05) is 25.9 Å². The number of aliphatic hydroxyl groups is 1. The second kappa shape index (κ2) is 9.45. The Morgan fingerprint density at radius 1 is 1.46 bits per heavy atom. The molecule has 0 amide bonds.